The van der Waals surface area contributed by atoms with Crippen LogP contribution in [0.3, 0.4) is 0 Å². The molecular weight excluding hydrogens is 500 g/mol. The van der Waals surface area contributed by atoms with E-state index in [1.807, 2.05) is 20.8 Å². The summed E-state index contributed by atoms with van der Waals surface area (Å²) in [6.45, 7) is 13.3. The number of nitrogens with one attached hydrogen (secondary N) is 3. The van der Waals surface area contributed by atoms with Crippen LogP contribution >= 0.6 is 12.6 Å². The minimum absolute atomic E-state index is 0.116. The van der Waals surface area contributed by atoms with Gasteiger partial charge < -0.3 is 35.4 Å². The Morgan fingerprint density at radius 3 is 2.30 bits per heavy atom. The highest BCUT2D eigenvalue weighted by atomic mass is 32.1. The van der Waals surface area contributed by atoms with Crippen molar-refractivity contribution in [3.05, 3.63) is 0 Å². The molecule has 0 aliphatic carbocycles. The topological polar surface area (TPSA) is 146 Å². The lowest BCUT2D eigenvalue weighted by atomic mass is 9.98. The van der Waals surface area contributed by atoms with Crippen LogP contribution in [-0.4, -0.2) is 87.8 Å². The van der Waals surface area contributed by atoms with E-state index < -0.39 is 58.8 Å². The first kappa shape index (κ1) is 31.2. The van der Waals surface area contributed by atoms with Crippen molar-refractivity contribution < 1.29 is 33.8 Å². The molecule has 6 atom stereocenters. The molecule has 0 radical (unpaired) electrons. The Balaban J connectivity index is 2.18. The molecule has 12 heteroatoms. The predicted molar refractivity (Wildman–Crippen MR) is 141 cm³/mol. The van der Waals surface area contributed by atoms with E-state index in [4.69, 9.17) is 9.47 Å². The number of aliphatic hydroxyl groups is 1. The summed E-state index contributed by atoms with van der Waals surface area (Å²) in [7, 11) is 0. The first-order chi connectivity index (χ1) is 17.0. The minimum atomic E-state index is -1.18. The number of thiol groups is 1. The number of likely N-dealkylation sites (tertiary alicyclic amines) is 1. The zero-order chi connectivity index (χ0) is 28.1. The fourth-order valence-electron chi connectivity index (χ4n) is 4.63. The average Bonchev–Trinajstić information content (AvgIpc) is 3.37. The smallest absolute Gasteiger partial charge is 0.408 e. The molecule has 0 aromatic heterocycles. The Bertz CT molecular complexity index is 840. The molecule has 0 aromatic carbocycles. The molecule has 0 bridgehead atoms. The normalized spacial score (nSPS) is 23.6. The van der Waals surface area contributed by atoms with E-state index in [1.165, 1.54) is 4.90 Å². The summed E-state index contributed by atoms with van der Waals surface area (Å²) in [4.78, 5) is 53.0. The van der Waals surface area contributed by atoms with Gasteiger partial charge >= 0.3 is 6.09 Å². The lowest BCUT2D eigenvalue weighted by molar-refractivity contribution is -0.146. The van der Waals surface area contributed by atoms with Gasteiger partial charge in [0.2, 0.25) is 17.7 Å². The van der Waals surface area contributed by atoms with Crippen molar-refractivity contribution in [1.29, 1.82) is 0 Å². The number of alkyl carbamates (subject to hydrolysis) is 1. The van der Waals surface area contributed by atoms with Gasteiger partial charge in [-0.3, -0.25) is 14.4 Å². The number of hydrogen-bond acceptors (Lipinski definition) is 8. The first-order valence-corrected chi connectivity index (χ1v) is 13.4. The largest absolute Gasteiger partial charge is 0.444 e. The number of carbonyl (C=O) groups excluding carboxylic acids is 4. The highest BCUT2D eigenvalue weighted by Gasteiger charge is 2.42. The fourth-order valence-corrected chi connectivity index (χ4v) is 4.83. The van der Waals surface area contributed by atoms with Crippen LogP contribution in [0.4, 0.5) is 4.79 Å². The monoisotopic (exact) mass is 544 g/mol. The molecule has 0 aromatic rings. The Morgan fingerprint density at radius 1 is 1.14 bits per heavy atom. The van der Waals surface area contributed by atoms with E-state index in [1.54, 1.807) is 27.7 Å². The van der Waals surface area contributed by atoms with Gasteiger partial charge in [0.15, 0.2) is 0 Å². The molecule has 37 heavy (non-hydrogen) atoms. The van der Waals surface area contributed by atoms with Gasteiger partial charge in [-0.2, -0.15) is 0 Å². The molecule has 4 amide bonds. The number of aliphatic hydroxyl groups excluding tert-OH is 1. The van der Waals surface area contributed by atoms with E-state index in [2.05, 4.69) is 28.6 Å². The van der Waals surface area contributed by atoms with E-state index >= 15 is 0 Å². The maximum atomic E-state index is 13.7. The molecule has 2 aliphatic heterocycles. The summed E-state index contributed by atoms with van der Waals surface area (Å²) in [5, 5.41) is 18.3. The number of hydrogen-bond donors (Lipinski definition) is 5. The summed E-state index contributed by atoms with van der Waals surface area (Å²) in [6, 6.07) is -2.65. The summed E-state index contributed by atoms with van der Waals surface area (Å²) >= 11 is 4.10. The van der Waals surface area contributed by atoms with Gasteiger partial charge in [0, 0.05) is 19.0 Å². The van der Waals surface area contributed by atoms with Crippen LogP contribution in [0, 0.1) is 5.92 Å². The predicted octanol–water partition coefficient (Wildman–Crippen LogP) is 1.33. The third-order valence-electron chi connectivity index (χ3n) is 6.17. The summed E-state index contributed by atoms with van der Waals surface area (Å²) in [5.74, 6) is -1.35. The molecule has 2 aliphatic rings. The molecule has 2 fully saturated rings. The second-order valence-electron chi connectivity index (χ2n) is 11.8. The SMILES string of the molecule is C[C@@H](OC(C)(C)C)[C@H](NC(=O)OC(C)(C)C)C(=O)N1CCC[C@H]1C(=O)N[C@@H](C[C@@H]1CCNC1=O)[C@@H](O)S. The van der Waals surface area contributed by atoms with E-state index in [9.17, 15) is 24.3 Å². The van der Waals surface area contributed by atoms with Crippen LogP contribution in [0.25, 0.3) is 0 Å². The zero-order valence-electron chi connectivity index (χ0n) is 23.0. The molecule has 11 nitrogen and oxygen atoms in total. The number of carbonyl (C=O) groups is 4. The van der Waals surface area contributed by atoms with Gasteiger partial charge in [-0.25, -0.2) is 4.79 Å². The Hall–Kier alpha value is -2.05. The quantitative estimate of drug-likeness (QED) is 0.217. The van der Waals surface area contributed by atoms with Gasteiger partial charge in [-0.15, -0.1) is 12.6 Å². The fraction of sp³-hybridized carbons (Fsp3) is 0.840. The zero-order valence-corrected chi connectivity index (χ0v) is 23.9. The highest BCUT2D eigenvalue weighted by Crippen LogP contribution is 2.24. The second-order valence-corrected chi connectivity index (χ2v) is 12.3. The Labute approximate surface area is 225 Å². The second kappa shape index (κ2) is 12.7. The third-order valence-corrected chi connectivity index (χ3v) is 6.53. The van der Waals surface area contributed by atoms with Gasteiger partial charge in [0.1, 0.15) is 23.1 Å². The maximum absolute atomic E-state index is 13.7. The van der Waals surface area contributed by atoms with E-state index in [-0.39, 0.29) is 18.2 Å². The maximum Gasteiger partial charge on any atom is 0.408 e. The van der Waals surface area contributed by atoms with Crippen LogP contribution in [0.15, 0.2) is 0 Å². The van der Waals surface area contributed by atoms with Crippen LogP contribution in [-0.2, 0) is 23.9 Å². The van der Waals surface area contributed by atoms with Crippen LogP contribution in [0.5, 0.6) is 0 Å². The molecular formula is C25H44N4O7S. The van der Waals surface area contributed by atoms with Crippen molar-refractivity contribution in [2.45, 2.75) is 115 Å². The molecule has 0 spiro atoms. The van der Waals surface area contributed by atoms with Crippen LogP contribution in [0.1, 0.15) is 74.1 Å². The van der Waals surface area contributed by atoms with E-state index in [0.717, 1.165) is 0 Å². The standard InChI is InChI=1S/C25H44N4O7S/c1-14(35-24(2,3)4)18(28-23(34)36-25(5,6)7)21(32)29-12-8-9-17(29)20(31)27-16(22(33)37)13-15-10-11-26-19(15)30/h14-18,22,33,37H,8-13H2,1-7H3,(H,26,30)(H,27,31)(H,28,34)/t14-,15+,16+,17+,18+,22+/m1/s1. The molecule has 2 heterocycles. The van der Waals surface area contributed by atoms with Crippen LogP contribution < -0.4 is 16.0 Å². The van der Waals surface area contributed by atoms with Crippen molar-refractivity contribution in [2.24, 2.45) is 5.92 Å². The molecule has 212 valence electrons. The van der Waals surface area contributed by atoms with Crippen molar-refractivity contribution in [3.8, 4) is 0 Å². The number of nitrogens with zero attached hydrogens (tertiary/aromatic N) is 1. The molecule has 0 unspecified atom stereocenters. The van der Waals surface area contributed by atoms with Gasteiger partial charge in [0.25, 0.3) is 0 Å². The summed E-state index contributed by atoms with van der Waals surface area (Å²) in [6.07, 6.45) is 0.396. The summed E-state index contributed by atoms with van der Waals surface area (Å²) in [5.41, 5.74) is -2.52. The highest BCUT2D eigenvalue weighted by molar-refractivity contribution is 7.80. The number of ether oxygens (including phenoxy) is 2. The van der Waals surface area contributed by atoms with Gasteiger partial charge in [-0.1, -0.05) is 0 Å². The van der Waals surface area contributed by atoms with Crippen molar-refractivity contribution in [2.75, 3.05) is 13.1 Å². The number of rotatable bonds is 9. The molecule has 0 saturated carbocycles. The average molecular weight is 545 g/mol. The van der Waals surface area contributed by atoms with Crippen molar-refractivity contribution in [1.82, 2.24) is 20.9 Å². The molecule has 2 saturated heterocycles. The van der Waals surface area contributed by atoms with Crippen molar-refractivity contribution in [3.63, 3.8) is 0 Å². The van der Waals surface area contributed by atoms with Gasteiger partial charge in [-0.05, 0) is 74.1 Å². The summed E-state index contributed by atoms with van der Waals surface area (Å²) < 4.78 is 11.4. The Morgan fingerprint density at radius 2 is 1.78 bits per heavy atom. The lowest BCUT2D eigenvalue weighted by Gasteiger charge is -2.35. The van der Waals surface area contributed by atoms with E-state index in [0.29, 0.717) is 32.4 Å². The molecule has 4 N–H and O–H groups in total. The molecule has 2 rings (SSSR count). The lowest BCUT2D eigenvalue weighted by Crippen LogP contribution is -2.59. The first-order valence-electron chi connectivity index (χ1n) is 12.9. The van der Waals surface area contributed by atoms with Crippen LogP contribution in [0.2, 0.25) is 0 Å². The minimum Gasteiger partial charge on any atom is -0.444 e. The van der Waals surface area contributed by atoms with Crippen molar-refractivity contribution >= 4 is 36.4 Å². The van der Waals surface area contributed by atoms with Gasteiger partial charge in [0.05, 0.1) is 17.7 Å². The third kappa shape index (κ3) is 9.64. The number of amides is 4. The Kier molecular flexibility index (Phi) is 10.7.